The van der Waals surface area contributed by atoms with Gasteiger partial charge in [0.2, 0.25) is 0 Å². The van der Waals surface area contributed by atoms with Crippen LogP contribution in [-0.4, -0.2) is 11.4 Å². The predicted octanol–water partition coefficient (Wildman–Crippen LogP) is 2.12. The first-order chi connectivity index (χ1) is 6.63. The maximum atomic E-state index is 10.4. The van der Waals surface area contributed by atoms with Crippen LogP contribution in [-0.2, 0) is 11.2 Å². The summed E-state index contributed by atoms with van der Waals surface area (Å²) in [6.45, 7) is 4.28. The Bertz CT molecular complexity index is 305. The van der Waals surface area contributed by atoms with Gasteiger partial charge in [-0.25, -0.2) is 0 Å². The number of hydrogen-bond donors (Lipinski definition) is 1. The van der Waals surface area contributed by atoms with Gasteiger partial charge in [-0.3, -0.25) is 0 Å². The normalized spacial score (nSPS) is 12.9. The van der Waals surface area contributed by atoms with Crippen LogP contribution in [0.1, 0.15) is 31.1 Å². The van der Waals surface area contributed by atoms with E-state index in [1.165, 1.54) is 5.56 Å². The van der Waals surface area contributed by atoms with Gasteiger partial charge in [-0.2, -0.15) is 0 Å². The highest BCUT2D eigenvalue weighted by atomic mass is 16.3. The molecule has 1 atom stereocenters. The number of rotatable bonds is 4. The number of hydrogen-bond acceptors (Lipinski definition) is 2. The molecule has 2 heteroatoms. The molecule has 0 aromatic heterocycles. The zero-order valence-corrected chi connectivity index (χ0v) is 8.60. The summed E-state index contributed by atoms with van der Waals surface area (Å²) in [6, 6.07) is 7.54. The molecular formula is C12H16O2. The summed E-state index contributed by atoms with van der Waals surface area (Å²) in [4.78, 5) is 10.4. The maximum Gasteiger partial charge on any atom is 0.153 e. The van der Waals surface area contributed by atoms with Crippen LogP contribution in [0.25, 0.3) is 0 Å². The Morgan fingerprint density at radius 1 is 1.43 bits per heavy atom. The molecule has 76 valence electrons. The molecule has 0 bridgehead atoms. The average molecular weight is 192 g/mol. The van der Waals surface area contributed by atoms with Crippen molar-refractivity contribution in [3.63, 3.8) is 0 Å². The van der Waals surface area contributed by atoms with Gasteiger partial charge in [-0.15, -0.1) is 0 Å². The van der Waals surface area contributed by atoms with Crippen LogP contribution in [0.2, 0.25) is 0 Å². The van der Waals surface area contributed by atoms with Crippen LogP contribution in [0.15, 0.2) is 24.3 Å². The summed E-state index contributed by atoms with van der Waals surface area (Å²) in [7, 11) is 0. The molecule has 0 radical (unpaired) electrons. The highest BCUT2D eigenvalue weighted by molar-refractivity contribution is 5.59. The molecule has 1 aromatic carbocycles. The van der Waals surface area contributed by atoms with Crippen LogP contribution in [0, 0.1) is 5.92 Å². The van der Waals surface area contributed by atoms with E-state index in [4.69, 9.17) is 0 Å². The summed E-state index contributed by atoms with van der Waals surface area (Å²) in [5.41, 5.74) is 1.84. The summed E-state index contributed by atoms with van der Waals surface area (Å²) >= 11 is 0. The van der Waals surface area contributed by atoms with Crippen LogP contribution in [0.3, 0.4) is 0 Å². The molecule has 1 N–H and O–H groups in total. The molecule has 0 saturated heterocycles. The molecule has 0 fully saturated rings. The molecule has 14 heavy (non-hydrogen) atoms. The van der Waals surface area contributed by atoms with E-state index in [2.05, 4.69) is 13.8 Å². The van der Waals surface area contributed by atoms with Crippen molar-refractivity contribution in [3.05, 3.63) is 35.4 Å². The van der Waals surface area contributed by atoms with Crippen LogP contribution < -0.4 is 0 Å². The third kappa shape index (κ3) is 2.96. The van der Waals surface area contributed by atoms with Crippen LogP contribution >= 0.6 is 0 Å². The van der Waals surface area contributed by atoms with Gasteiger partial charge in [0.1, 0.15) is 6.10 Å². The van der Waals surface area contributed by atoms with Crippen molar-refractivity contribution in [1.29, 1.82) is 0 Å². The first-order valence-electron chi connectivity index (χ1n) is 4.85. The van der Waals surface area contributed by atoms with E-state index >= 15 is 0 Å². The molecule has 0 aliphatic heterocycles. The lowest BCUT2D eigenvalue weighted by atomic mass is 9.99. The van der Waals surface area contributed by atoms with Gasteiger partial charge in [0.15, 0.2) is 6.29 Å². The second kappa shape index (κ2) is 4.91. The largest absolute Gasteiger partial charge is 0.381 e. The zero-order valence-electron chi connectivity index (χ0n) is 8.60. The van der Waals surface area contributed by atoms with Gasteiger partial charge in [0, 0.05) is 0 Å². The summed E-state index contributed by atoms with van der Waals surface area (Å²) in [6.07, 6.45) is 0.538. The van der Waals surface area contributed by atoms with E-state index in [1.807, 2.05) is 18.2 Å². The molecule has 0 spiro atoms. The SMILES string of the molecule is CC(C)Cc1cccc(C(O)C=O)c1. The maximum absolute atomic E-state index is 10.4. The number of carbonyl (C=O) groups excluding carboxylic acids is 1. The second-order valence-electron chi connectivity index (χ2n) is 3.92. The van der Waals surface area contributed by atoms with E-state index in [9.17, 15) is 9.90 Å². The van der Waals surface area contributed by atoms with Gasteiger partial charge in [-0.1, -0.05) is 38.1 Å². The van der Waals surface area contributed by atoms with Crippen molar-refractivity contribution < 1.29 is 9.90 Å². The molecule has 2 nitrogen and oxygen atoms in total. The Morgan fingerprint density at radius 3 is 2.71 bits per heavy atom. The van der Waals surface area contributed by atoms with Gasteiger partial charge < -0.3 is 9.90 Å². The van der Waals surface area contributed by atoms with E-state index in [1.54, 1.807) is 6.07 Å². The smallest absolute Gasteiger partial charge is 0.153 e. The Hall–Kier alpha value is -1.15. The monoisotopic (exact) mass is 192 g/mol. The van der Waals surface area contributed by atoms with Crippen molar-refractivity contribution >= 4 is 6.29 Å². The third-order valence-electron chi connectivity index (χ3n) is 2.07. The Morgan fingerprint density at radius 2 is 2.14 bits per heavy atom. The lowest BCUT2D eigenvalue weighted by Gasteiger charge is -2.08. The van der Waals surface area contributed by atoms with E-state index in [0.29, 0.717) is 17.8 Å². The number of aldehydes is 1. The lowest BCUT2D eigenvalue weighted by Crippen LogP contribution is -2.00. The van der Waals surface area contributed by atoms with Crippen LogP contribution in [0.5, 0.6) is 0 Å². The lowest BCUT2D eigenvalue weighted by molar-refractivity contribution is -0.115. The quantitative estimate of drug-likeness (QED) is 0.742. The summed E-state index contributed by atoms with van der Waals surface area (Å²) in [5, 5.41) is 9.32. The molecule has 0 saturated carbocycles. The highest BCUT2D eigenvalue weighted by Gasteiger charge is 2.06. The Kier molecular flexibility index (Phi) is 3.84. The Labute approximate surface area is 84.6 Å². The highest BCUT2D eigenvalue weighted by Crippen LogP contribution is 2.15. The molecule has 1 aromatic rings. The standard InChI is InChI=1S/C12H16O2/c1-9(2)6-10-4-3-5-11(7-10)12(14)8-13/h3-5,7-9,12,14H,6H2,1-2H3. The fraction of sp³-hybridized carbons (Fsp3) is 0.417. The minimum Gasteiger partial charge on any atom is -0.381 e. The molecule has 0 aliphatic rings. The van der Waals surface area contributed by atoms with E-state index < -0.39 is 6.10 Å². The molecule has 0 amide bonds. The molecule has 0 heterocycles. The van der Waals surface area contributed by atoms with E-state index in [-0.39, 0.29) is 0 Å². The van der Waals surface area contributed by atoms with Crippen molar-refractivity contribution in [2.75, 3.05) is 0 Å². The second-order valence-corrected chi connectivity index (χ2v) is 3.92. The van der Waals surface area contributed by atoms with Crippen molar-refractivity contribution in [3.8, 4) is 0 Å². The zero-order chi connectivity index (χ0) is 10.6. The van der Waals surface area contributed by atoms with Gasteiger partial charge in [0.05, 0.1) is 0 Å². The van der Waals surface area contributed by atoms with Gasteiger partial charge in [0.25, 0.3) is 0 Å². The number of benzene rings is 1. The van der Waals surface area contributed by atoms with E-state index in [0.717, 1.165) is 6.42 Å². The Balaban J connectivity index is 2.83. The minimum absolute atomic E-state index is 0.550. The van der Waals surface area contributed by atoms with Crippen LogP contribution in [0.4, 0.5) is 0 Å². The molecular weight excluding hydrogens is 176 g/mol. The number of aliphatic hydroxyl groups excluding tert-OH is 1. The summed E-state index contributed by atoms with van der Waals surface area (Å²) < 4.78 is 0. The fourth-order valence-electron chi connectivity index (χ4n) is 1.45. The predicted molar refractivity (Wildman–Crippen MR) is 56.0 cm³/mol. The first-order valence-corrected chi connectivity index (χ1v) is 4.85. The third-order valence-corrected chi connectivity index (χ3v) is 2.07. The van der Waals surface area contributed by atoms with Crippen molar-refractivity contribution in [1.82, 2.24) is 0 Å². The number of aliphatic hydroxyl groups is 1. The van der Waals surface area contributed by atoms with Gasteiger partial charge >= 0.3 is 0 Å². The summed E-state index contributed by atoms with van der Waals surface area (Å²) in [5.74, 6) is 0.582. The molecule has 0 aliphatic carbocycles. The minimum atomic E-state index is -0.984. The molecule has 1 rings (SSSR count). The topological polar surface area (TPSA) is 37.3 Å². The van der Waals surface area contributed by atoms with Gasteiger partial charge in [-0.05, 0) is 23.5 Å². The molecule has 1 unspecified atom stereocenters. The first kappa shape index (κ1) is 10.9. The van der Waals surface area contributed by atoms with Crippen molar-refractivity contribution in [2.24, 2.45) is 5.92 Å². The average Bonchev–Trinajstić information content (AvgIpc) is 2.16. The number of carbonyl (C=O) groups is 1. The van der Waals surface area contributed by atoms with Crippen molar-refractivity contribution in [2.45, 2.75) is 26.4 Å². The fourth-order valence-corrected chi connectivity index (χ4v) is 1.45.